The van der Waals surface area contributed by atoms with Gasteiger partial charge in [0.25, 0.3) is 0 Å². The number of ketones is 2. The number of aromatic hydroxyl groups is 1. The number of ether oxygens (including phenoxy) is 1. The Labute approximate surface area is 139 Å². The predicted molar refractivity (Wildman–Crippen MR) is 88.8 cm³/mol. The number of phenols is 1. The van der Waals surface area contributed by atoms with Crippen LogP contribution in [0.5, 0.6) is 11.5 Å². The third kappa shape index (κ3) is 4.31. The van der Waals surface area contributed by atoms with Gasteiger partial charge in [0, 0.05) is 5.56 Å². The van der Waals surface area contributed by atoms with E-state index in [-0.39, 0.29) is 23.7 Å². The molecule has 0 aromatic heterocycles. The maximum Gasteiger partial charge on any atom is 0.170 e. The Morgan fingerprint density at radius 3 is 2.54 bits per heavy atom. The molecule has 0 spiro atoms. The molecule has 5 heteroatoms. The van der Waals surface area contributed by atoms with Gasteiger partial charge in [0.1, 0.15) is 0 Å². The number of carbonyl (C=O) groups excluding carboxylic acids is 2. The average Bonchev–Trinajstić information content (AvgIpc) is 2.61. The smallest absolute Gasteiger partial charge is 0.170 e. The highest BCUT2D eigenvalue weighted by atomic mass is 16.5. The van der Waals surface area contributed by atoms with Crippen molar-refractivity contribution in [2.24, 2.45) is 0 Å². The molecule has 0 fully saturated rings. The number of allylic oxidation sites excluding steroid dienone is 1. The second kappa shape index (κ2) is 7.75. The zero-order valence-electron chi connectivity index (χ0n) is 13.0. The number of phenolic OH excluding ortho intramolecular Hbond substituents is 1. The van der Waals surface area contributed by atoms with Crippen molar-refractivity contribution < 1.29 is 19.4 Å². The highest BCUT2D eigenvalue weighted by Crippen LogP contribution is 2.26. The van der Waals surface area contributed by atoms with Crippen molar-refractivity contribution in [2.75, 3.05) is 7.11 Å². The van der Waals surface area contributed by atoms with E-state index >= 15 is 0 Å². The number of nitrogens with zero attached hydrogens (tertiary/aromatic N) is 1. The molecular formula is C19H15NO4. The molecule has 0 atom stereocenters. The van der Waals surface area contributed by atoms with E-state index in [1.807, 2.05) is 6.07 Å². The molecule has 120 valence electrons. The zero-order chi connectivity index (χ0) is 17.5. The highest BCUT2D eigenvalue weighted by molar-refractivity contribution is 6.12. The maximum atomic E-state index is 12.0. The minimum absolute atomic E-state index is 0.0111. The number of benzene rings is 2. The van der Waals surface area contributed by atoms with Gasteiger partial charge in [-0.25, -0.2) is 0 Å². The van der Waals surface area contributed by atoms with Crippen LogP contribution in [0.25, 0.3) is 6.08 Å². The molecule has 0 aliphatic rings. The topological polar surface area (TPSA) is 87.4 Å². The molecule has 24 heavy (non-hydrogen) atoms. The van der Waals surface area contributed by atoms with E-state index in [0.717, 1.165) is 0 Å². The van der Waals surface area contributed by atoms with Gasteiger partial charge in [0.05, 0.1) is 25.2 Å². The zero-order valence-corrected chi connectivity index (χ0v) is 13.0. The standard InChI is InChI=1S/C19H15NO4/c1-24-19-10-13(5-9-17(19)22)4-8-16(21)11-18(23)15-6-2-14(12-20)3-7-15/h2-10,22H,11H2,1H3. The first kappa shape index (κ1) is 17.0. The molecule has 0 heterocycles. The van der Waals surface area contributed by atoms with Crippen LogP contribution >= 0.6 is 0 Å². The van der Waals surface area contributed by atoms with Crippen LogP contribution < -0.4 is 4.74 Å². The minimum Gasteiger partial charge on any atom is -0.504 e. The SMILES string of the molecule is COc1cc(C=CC(=O)CC(=O)c2ccc(C#N)cc2)ccc1O. The Morgan fingerprint density at radius 1 is 1.21 bits per heavy atom. The number of hydrogen-bond acceptors (Lipinski definition) is 5. The fraction of sp³-hybridized carbons (Fsp3) is 0.105. The van der Waals surface area contributed by atoms with Gasteiger partial charge in [-0.05, 0) is 35.9 Å². The monoisotopic (exact) mass is 321 g/mol. The molecule has 0 saturated heterocycles. The maximum absolute atomic E-state index is 12.0. The lowest BCUT2D eigenvalue weighted by molar-refractivity contribution is -0.113. The van der Waals surface area contributed by atoms with Crippen LogP contribution in [0, 0.1) is 11.3 Å². The van der Waals surface area contributed by atoms with Crippen LogP contribution in [0.15, 0.2) is 48.5 Å². The Kier molecular flexibility index (Phi) is 5.48. The Morgan fingerprint density at radius 2 is 1.92 bits per heavy atom. The normalized spacial score (nSPS) is 10.3. The lowest BCUT2D eigenvalue weighted by Gasteiger charge is -2.03. The minimum atomic E-state index is -0.337. The van der Waals surface area contributed by atoms with Crippen molar-refractivity contribution in [3.05, 3.63) is 65.2 Å². The fourth-order valence-electron chi connectivity index (χ4n) is 2.04. The van der Waals surface area contributed by atoms with Crippen LogP contribution in [-0.4, -0.2) is 23.8 Å². The molecule has 0 amide bonds. The Hall–Kier alpha value is -3.39. The summed E-state index contributed by atoms with van der Waals surface area (Å²) < 4.78 is 4.99. The summed E-state index contributed by atoms with van der Waals surface area (Å²) in [7, 11) is 1.43. The van der Waals surface area contributed by atoms with Crippen LogP contribution in [0.3, 0.4) is 0 Å². The van der Waals surface area contributed by atoms with Gasteiger partial charge in [-0.3, -0.25) is 9.59 Å². The van der Waals surface area contributed by atoms with E-state index in [9.17, 15) is 14.7 Å². The highest BCUT2D eigenvalue weighted by Gasteiger charge is 2.10. The van der Waals surface area contributed by atoms with Crippen LogP contribution in [-0.2, 0) is 4.79 Å². The lowest BCUT2D eigenvalue weighted by atomic mass is 10.0. The molecule has 0 saturated carbocycles. The van der Waals surface area contributed by atoms with Crippen molar-refractivity contribution in [2.45, 2.75) is 6.42 Å². The fourth-order valence-corrected chi connectivity index (χ4v) is 2.04. The second-order valence-corrected chi connectivity index (χ2v) is 5.02. The molecule has 2 aromatic rings. The van der Waals surface area contributed by atoms with Crippen LogP contribution in [0.1, 0.15) is 27.9 Å². The summed E-state index contributed by atoms with van der Waals surface area (Å²) in [5.41, 5.74) is 1.52. The number of rotatable bonds is 6. The molecule has 0 radical (unpaired) electrons. The van der Waals surface area contributed by atoms with Gasteiger partial charge >= 0.3 is 0 Å². The molecule has 0 aliphatic carbocycles. The van der Waals surface area contributed by atoms with Crippen molar-refractivity contribution in [3.8, 4) is 17.6 Å². The summed E-state index contributed by atoms with van der Waals surface area (Å²) in [4.78, 5) is 23.9. The van der Waals surface area contributed by atoms with E-state index < -0.39 is 0 Å². The Balaban J connectivity index is 2.01. The van der Waals surface area contributed by atoms with Gasteiger partial charge in [-0.2, -0.15) is 5.26 Å². The van der Waals surface area contributed by atoms with Crippen molar-refractivity contribution in [1.82, 2.24) is 0 Å². The quantitative estimate of drug-likeness (QED) is 0.502. The second-order valence-electron chi connectivity index (χ2n) is 5.02. The first-order valence-electron chi connectivity index (χ1n) is 7.15. The van der Waals surface area contributed by atoms with Crippen molar-refractivity contribution in [3.63, 3.8) is 0 Å². The van der Waals surface area contributed by atoms with Crippen LogP contribution in [0.2, 0.25) is 0 Å². The van der Waals surface area contributed by atoms with Crippen LogP contribution in [0.4, 0.5) is 0 Å². The molecule has 1 N–H and O–H groups in total. The molecule has 0 aliphatic heterocycles. The predicted octanol–water partition coefficient (Wildman–Crippen LogP) is 3.13. The van der Waals surface area contributed by atoms with Gasteiger partial charge in [0.15, 0.2) is 23.1 Å². The lowest BCUT2D eigenvalue weighted by Crippen LogP contribution is -2.05. The summed E-state index contributed by atoms with van der Waals surface area (Å²) in [5, 5.41) is 18.2. The van der Waals surface area contributed by atoms with Crippen molar-refractivity contribution in [1.29, 1.82) is 5.26 Å². The summed E-state index contributed by atoms with van der Waals surface area (Å²) in [6, 6.07) is 12.8. The summed E-state index contributed by atoms with van der Waals surface area (Å²) in [6.07, 6.45) is 2.61. The first-order chi connectivity index (χ1) is 11.5. The average molecular weight is 321 g/mol. The van der Waals surface area contributed by atoms with Crippen molar-refractivity contribution >= 4 is 17.6 Å². The first-order valence-corrected chi connectivity index (χ1v) is 7.15. The van der Waals surface area contributed by atoms with Gasteiger partial charge in [-0.1, -0.05) is 24.3 Å². The number of Topliss-reactive ketones (excluding diaryl/α,β-unsaturated/α-hetero) is 1. The third-order valence-electron chi connectivity index (χ3n) is 3.34. The van der Waals surface area contributed by atoms with Gasteiger partial charge < -0.3 is 9.84 Å². The molecule has 2 aromatic carbocycles. The summed E-state index contributed by atoms with van der Waals surface area (Å²) in [5.74, 6) is -0.330. The third-order valence-corrected chi connectivity index (χ3v) is 3.34. The van der Waals surface area contributed by atoms with E-state index in [0.29, 0.717) is 22.4 Å². The van der Waals surface area contributed by atoms with E-state index in [4.69, 9.17) is 10.00 Å². The summed E-state index contributed by atoms with van der Waals surface area (Å²) in [6.45, 7) is 0. The number of nitriles is 1. The Bertz CT molecular complexity index is 829. The molecular weight excluding hydrogens is 306 g/mol. The largest absolute Gasteiger partial charge is 0.504 e. The van der Waals surface area contributed by atoms with Gasteiger partial charge in [0.2, 0.25) is 0 Å². The summed E-state index contributed by atoms with van der Waals surface area (Å²) >= 11 is 0. The molecule has 2 rings (SSSR count). The number of methoxy groups -OCH3 is 1. The molecule has 0 unspecified atom stereocenters. The number of hydrogen-bond donors (Lipinski definition) is 1. The number of carbonyl (C=O) groups is 2. The van der Waals surface area contributed by atoms with E-state index in [1.165, 1.54) is 43.5 Å². The molecule has 0 bridgehead atoms. The van der Waals surface area contributed by atoms with Gasteiger partial charge in [-0.15, -0.1) is 0 Å². The van der Waals surface area contributed by atoms with E-state index in [2.05, 4.69) is 0 Å². The molecule has 5 nitrogen and oxygen atoms in total. The van der Waals surface area contributed by atoms with E-state index in [1.54, 1.807) is 18.2 Å².